The molecule has 1 aliphatic rings. The van der Waals surface area contributed by atoms with Crippen LogP contribution in [0.5, 0.6) is 0 Å². The molecule has 3 unspecified atom stereocenters. The summed E-state index contributed by atoms with van der Waals surface area (Å²) < 4.78 is 5.42. The Balaban J connectivity index is 2.48. The second kappa shape index (κ2) is 4.94. The maximum atomic E-state index is 10.8. The van der Waals surface area contributed by atoms with Crippen LogP contribution in [0, 0.1) is 5.92 Å². The minimum Gasteiger partial charge on any atom is -0.481 e. The number of carboxylic acids is 1. The first-order valence-electron chi connectivity index (χ1n) is 5.53. The molecule has 15 heavy (non-hydrogen) atoms. The molecular weight excluding hydrogens is 194 g/mol. The third kappa shape index (κ3) is 3.47. The molecule has 0 spiro atoms. The van der Waals surface area contributed by atoms with E-state index in [0.29, 0.717) is 6.61 Å². The van der Waals surface area contributed by atoms with Gasteiger partial charge in [0.1, 0.15) is 0 Å². The Labute approximate surface area is 91.0 Å². The van der Waals surface area contributed by atoms with Crippen molar-refractivity contribution in [2.75, 3.05) is 13.2 Å². The van der Waals surface area contributed by atoms with E-state index in [9.17, 15) is 4.79 Å². The van der Waals surface area contributed by atoms with Gasteiger partial charge in [0, 0.05) is 18.2 Å². The fourth-order valence-electron chi connectivity index (χ4n) is 1.94. The topological polar surface area (TPSA) is 58.6 Å². The van der Waals surface area contributed by atoms with Crippen molar-refractivity contribution in [1.82, 2.24) is 5.32 Å². The Hall–Kier alpha value is -0.610. The van der Waals surface area contributed by atoms with Gasteiger partial charge in [-0.2, -0.15) is 0 Å². The van der Waals surface area contributed by atoms with E-state index in [1.54, 1.807) is 6.92 Å². The van der Waals surface area contributed by atoms with Crippen molar-refractivity contribution >= 4 is 5.97 Å². The van der Waals surface area contributed by atoms with Gasteiger partial charge in [0.05, 0.1) is 12.5 Å². The number of carbonyl (C=O) groups is 1. The summed E-state index contributed by atoms with van der Waals surface area (Å²) in [4.78, 5) is 10.8. The average molecular weight is 215 g/mol. The van der Waals surface area contributed by atoms with Gasteiger partial charge < -0.3 is 15.2 Å². The molecule has 3 atom stereocenters. The lowest BCUT2D eigenvalue weighted by molar-refractivity contribution is -0.142. The molecule has 4 heteroatoms. The van der Waals surface area contributed by atoms with E-state index in [4.69, 9.17) is 9.84 Å². The minimum absolute atomic E-state index is 0.0331. The lowest BCUT2D eigenvalue weighted by Gasteiger charge is -2.38. The molecule has 1 fully saturated rings. The summed E-state index contributed by atoms with van der Waals surface area (Å²) in [5.74, 6) is -1.13. The number of carboxylic acid groups (broad SMARTS) is 1. The van der Waals surface area contributed by atoms with E-state index < -0.39 is 5.97 Å². The van der Waals surface area contributed by atoms with Crippen LogP contribution in [-0.4, -0.2) is 35.9 Å². The van der Waals surface area contributed by atoms with Gasteiger partial charge >= 0.3 is 5.97 Å². The van der Waals surface area contributed by atoms with Gasteiger partial charge in [-0.1, -0.05) is 6.92 Å². The zero-order chi connectivity index (χ0) is 11.5. The van der Waals surface area contributed by atoms with E-state index in [1.807, 2.05) is 6.92 Å². The molecular formula is C11H21NO3. The van der Waals surface area contributed by atoms with Gasteiger partial charge in [0.25, 0.3) is 0 Å². The average Bonchev–Trinajstić information content (AvgIpc) is 2.16. The van der Waals surface area contributed by atoms with Crippen molar-refractivity contribution in [3.63, 3.8) is 0 Å². The molecule has 0 bridgehead atoms. The summed E-state index contributed by atoms with van der Waals surface area (Å²) in [6.07, 6.45) is 2.08. The molecule has 1 heterocycles. The van der Waals surface area contributed by atoms with Crippen LogP contribution in [0.25, 0.3) is 0 Å². The standard InChI is InChI=1S/C11H21NO3/c1-8(10(13)14)9(2)12-11(3)5-4-6-15-7-11/h8-9,12H,4-7H2,1-3H3,(H,13,14). The number of aliphatic carboxylic acids is 1. The number of hydrogen-bond donors (Lipinski definition) is 2. The number of rotatable bonds is 4. The summed E-state index contributed by atoms with van der Waals surface area (Å²) in [7, 11) is 0. The van der Waals surface area contributed by atoms with Crippen LogP contribution >= 0.6 is 0 Å². The van der Waals surface area contributed by atoms with Gasteiger partial charge in [-0.25, -0.2) is 0 Å². The fraction of sp³-hybridized carbons (Fsp3) is 0.909. The molecule has 0 aromatic carbocycles. The van der Waals surface area contributed by atoms with Gasteiger partial charge in [-0.3, -0.25) is 4.79 Å². The fourth-order valence-corrected chi connectivity index (χ4v) is 1.94. The van der Waals surface area contributed by atoms with Crippen LogP contribution in [0.3, 0.4) is 0 Å². The maximum absolute atomic E-state index is 10.8. The monoisotopic (exact) mass is 215 g/mol. The van der Waals surface area contributed by atoms with Crippen LogP contribution in [0.15, 0.2) is 0 Å². The first kappa shape index (κ1) is 12.5. The molecule has 4 nitrogen and oxygen atoms in total. The highest BCUT2D eigenvalue weighted by Gasteiger charge is 2.31. The smallest absolute Gasteiger partial charge is 0.307 e. The van der Waals surface area contributed by atoms with E-state index in [2.05, 4.69) is 12.2 Å². The molecule has 0 amide bonds. The van der Waals surface area contributed by atoms with E-state index in [1.165, 1.54) is 0 Å². The van der Waals surface area contributed by atoms with Crippen molar-refractivity contribution in [2.24, 2.45) is 5.92 Å². The molecule has 0 radical (unpaired) electrons. The van der Waals surface area contributed by atoms with Gasteiger partial charge in [0.2, 0.25) is 0 Å². The normalized spacial score (nSPS) is 30.9. The number of nitrogens with one attached hydrogen (secondary N) is 1. The van der Waals surface area contributed by atoms with Crippen LogP contribution in [0.2, 0.25) is 0 Å². The Morgan fingerprint density at radius 1 is 1.53 bits per heavy atom. The van der Waals surface area contributed by atoms with E-state index >= 15 is 0 Å². The lowest BCUT2D eigenvalue weighted by Crippen LogP contribution is -2.54. The van der Waals surface area contributed by atoms with E-state index in [0.717, 1.165) is 19.4 Å². The molecule has 0 aliphatic carbocycles. The second-order valence-electron chi connectivity index (χ2n) is 4.78. The summed E-state index contributed by atoms with van der Waals surface area (Å²) in [6.45, 7) is 7.23. The van der Waals surface area contributed by atoms with Crippen molar-refractivity contribution in [3.8, 4) is 0 Å². The summed E-state index contributed by atoms with van der Waals surface area (Å²) in [5, 5.41) is 12.3. The van der Waals surface area contributed by atoms with Crippen LogP contribution in [-0.2, 0) is 9.53 Å². The highest BCUT2D eigenvalue weighted by atomic mass is 16.5. The highest BCUT2D eigenvalue weighted by molar-refractivity contribution is 5.70. The molecule has 0 aromatic heterocycles. The molecule has 88 valence electrons. The Kier molecular flexibility index (Phi) is 4.11. The molecule has 1 aliphatic heterocycles. The van der Waals surface area contributed by atoms with E-state index in [-0.39, 0.29) is 17.5 Å². The SMILES string of the molecule is CC(NC1(C)CCCOC1)C(C)C(=O)O. The largest absolute Gasteiger partial charge is 0.481 e. The highest BCUT2D eigenvalue weighted by Crippen LogP contribution is 2.20. The lowest BCUT2D eigenvalue weighted by atomic mass is 9.91. The number of ether oxygens (including phenoxy) is 1. The first-order chi connectivity index (χ1) is 6.94. The van der Waals surface area contributed by atoms with Crippen LogP contribution in [0.4, 0.5) is 0 Å². The van der Waals surface area contributed by atoms with Gasteiger partial charge in [-0.15, -0.1) is 0 Å². The number of hydrogen-bond acceptors (Lipinski definition) is 3. The van der Waals surface area contributed by atoms with Crippen molar-refractivity contribution < 1.29 is 14.6 Å². The zero-order valence-electron chi connectivity index (χ0n) is 9.75. The molecule has 1 rings (SSSR count). The third-order valence-corrected chi connectivity index (χ3v) is 3.15. The summed E-state index contributed by atoms with van der Waals surface area (Å²) >= 11 is 0. The van der Waals surface area contributed by atoms with Crippen LogP contribution in [0.1, 0.15) is 33.6 Å². The molecule has 0 aromatic rings. The summed E-state index contributed by atoms with van der Waals surface area (Å²) in [6, 6.07) is -0.0331. The quantitative estimate of drug-likeness (QED) is 0.741. The predicted molar refractivity (Wildman–Crippen MR) is 57.9 cm³/mol. The van der Waals surface area contributed by atoms with Gasteiger partial charge in [0.15, 0.2) is 0 Å². The second-order valence-corrected chi connectivity index (χ2v) is 4.78. The Bertz CT molecular complexity index is 224. The van der Waals surface area contributed by atoms with Crippen molar-refractivity contribution in [1.29, 1.82) is 0 Å². The Morgan fingerprint density at radius 2 is 2.20 bits per heavy atom. The maximum Gasteiger partial charge on any atom is 0.307 e. The summed E-state index contributed by atoms with van der Waals surface area (Å²) in [5.41, 5.74) is -0.0681. The molecule has 2 N–H and O–H groups in total. The van der Waals surface area contributed by atoms with Gasteiger partial charge in [-0.05, 0) is 26.7 Å². The first-order valence-corrected chi connectivity index (χ1v) is 5.53. The predicted octanol–water partition coefficient (Wildman–Crippen LogP) is 1.25. The molecule has 0 saturated carbocycles. The molecule has 1 saturated heterocycles. The van der Waals surface area contributed by atoms with Crippen molar-refractivity contribution in [3.05, 3.63) is 0 Å². The third-order valence-electron chi connectivity index (χ3n) is 3.15. The zero-order valence-corrected chi connectivity index (χ0v) is 9.75. The Morgan fingerprint density at radius 3 is 2.67 bits per heavy atom. The van der Waals surface area contributed by atoms with Crippen molar-refractivity contribution in [2.45, 2.75) is 45.2 Å². The van der Waals surface area contributed by atoms with Crippen LogP contribution < -0.4 is 5.32 Å². The minimum atomic E-state index is -0.754.